The maximum Gasteiger partial charge on any atom is 0.668 e. The molecule has 0 aromatic rings. The molecule has 1 fully saturated rings. The van der Waals surface area contributed by atoms with Crippen LogP contribution in [0.4, 0.5) is 0 Å². The first-order chi connectivity index (χ1) is 5.15. The predicted octanol–water partition coefficient (Wildman–Crippen LogP) is -1.43. The van der Waals surface area contributed by atoms with Crippen LogP contribution in [0, 0.1) is 0 Å². The van der Waals surface area contributed by atoms with E-state index in [-0.39, 0.29) is 13.0 Å². The first-order valence-electron chi connectivity index (χ1n) is 3.20. The molecule has 1 rings (SSSR count). The first kappa shape index (κ1) is 7.91. The van der Waals surface area contributed by atoms with Gasteiger partial charge >= 0.3 is 12.4 Å². The van der Waals surface area contributed by atoms with Crippen LogP contribution in [0.5, 0.6) is 0 Å². The van der Waals surface area contributed by atoms with Crippen molar-refractivity contribution in [3.05, 3.63) is 0 Å². The van der Waals surface area contributed by atoms with Crippen molar-refractivity contribution in [3.63, 3.8) is 0 Å². The monoisotopic (exact) mass is 158 g/mol. The van der Waals surface area contributed by atoms with Gasteiger partial charge in [0.2, 0.25) is 0 Å². The van der Waals surface area contributed by atoms with Gasteiger partial charge in [-0.05, 0) is 0 Å². The zero-order valence-corrected chi connectivity index (χ0v) is 5.73. The van der Waals surface area contributed by atoms with Crippen molar-refractivity contribution in [1.82, 2.24) is 4.90 Å². The van der Waals surface area contributed by atoms with Crippen molar-refractivity contribution >= 4 is 12.4 Å². The summed E-state index contributed by atoms with van der Waals surface area (Å²) in [6.07, 6.45) is 0.846. The maximum absolute atomic E-state index is 10.4. The molecular weight excluding hydrogens is 150 g/mol. The van der Waals surface area contributed by atoms with E-state index < -0.39 is 18.1 Å². The molecule has 0 spiro atoms. The lowest BCUT2D eigenvalue weighted by atomic mass is 10.2. The van der Waals surface area contributed by atoms with E-state index in [4.69, 9.17) is 10.2 Å². The van der Waals surface area contributed by atoms with Crippen molar-refractivity contribution < 1.29 is 19.8 Å². The molecule has 0 aromatic carbocycles. The molecule has 0 bridgehead atoms. The Morgan fingerprint density at radius 1 is 1.64 bits per heavy atom. The van der Waals surface area contributed by atoms with Crippen LogP contribution >= 0.6 is 0 Å². The van der Waals surface area contributed by atoms with Gasteiger partial charge in [-0.2, -0.15) is 0 Å². The molecule has 5 heteroatoms. The van der Waals surface area contributed by atoms with Crippen molar-refractivity contribution in [1.29, 1.82) is 0 Å². The minimum absolute atomic E-state index is 0.0699. The van der Waals surface area contributed by atoms with E-state index in [1.54, 1.807) is 0 Å². The summed E-state index contributed by atoms with van der Waals surface area (Å²) in [7, 11) is 0. The van der Waals surface area contributed by atoms with Crippen LogP contribution in [0.1, 0.15) is 6.42 Å². The summed E-state index contributed by atoms with van der Waals surface area (Å²) in [6, 6.07) is -0.900. The number of β-amino-alcohol motifs (C(OH)–C–C–N with tert-alkyl or cyclic N) is 1. The van der Waals surface area contributed by atoms with E-state index >= 15 is 0 Å². The number of amides is 1. The summed E-state index contributed by atoms with van der Waals surface area (Å²) in [5, 5.41) is 17.5. The normalized spacial score (nSPS) is 30.1. The molecule has 2 N–H and O–H groups in total. The van der Waals surface area contributed by atoms with E-state index in [2.05, 4.69) is 0 Å². The van der Waals surface area contributed by atoms with E-state index in [0.29, 0.717) is 0 Å². The molecule has 0 aliphatic carbocycles. The summed E-state index contributed by atoms with van der Waals surface area (Å²) < 4.78 is 0. The molecule has 0 aromatic heterocycles. The van der Waals surface area contributed by atoms with Gasteiger partial charge in [0.25, 0.3) is 0 Å². The SMILES string of the molecule is O=[C+]N1CC(O)CC1C(=O)O. The van der Waals surface area contributed by atoms with Gasteiger partial charge in [0, 0.05) is 6.42 Å². The third-order valence-corrected chi connectivity index (χ3v) is 1.68. The summed E-state index contributed by atoms with van der Waals surface area (Å²) in [5.41, 5.74) is 0. The number of likely N-dealkylation sites (tertiary alicyclic amines) is 1. The van der Waals surface area contributed by atoms with Crippen LogP contribution in [0.3, 0.4) is 0 Å². The highest BCUT2D eigenvalue weighted by molar-refractivity contribution is 5.77. The quantitative estimate of drug-likeness (QED) is 0.483. The standard InChI is InChI=1S/C6H7NO4/c8-3-7-2-4(9)1-5(7)6(10)11/h4-5,9H,1-2H2/p+1. The molecular formula is C6H8NO4+. The van der Waals surface area contributed by atoms with Crippen LogP contribution in [0.2, 0.25) is 0 Å². The predicted molar refractivity (Wildman–Crippen MR) is 34.4 cm³/mol. The van der Waals surface area contributed by atoms with Gasteiger partial charge in [0.15, 0.2) is 6.04 Å². The molecule has 1 saturated heterocycles. The van der Waals surface area contributed by atoms with Gasteiger partial charge < -0.3 is 10.2 Å². The van der Waals surface area contributed by atoms with Crippen molar-refractivity contribution in [2.24, 2.45) is 0 Å². The largest absolute Gasteiger partial charge is 0.668 e. The number of hydrogen-bond donors (Lipinski definition) is 2. The maximum atomic E-state index is 10.4. The lowest BCUT2D eigenvalue weighted by Crippen LogP contribution is -2.34. The van der Waals surface area contributed by atoms with Gasteiger partial charge in [-0.25, -0.2) is 4.79 Å². The zero-order chi connectivity index (χ0) is 8.43. The molecule has 2 unspecified atom stereocenters. The number of carbonyl (C=O) groups is 1. The third kappa shape index (κ3) is 1.45. The molecule has 1 aliphatic heterocycles. The Bertz CT molecular complexity index is 181. The highest BCUT2D eigenvalue weighted by atomic mass is 16.4. The molecule has 11 heavy (non-hydrogen) atoms. The topological polar surface area (TPSA) is 77.8 Å². The summed E-state index contributed by atoms with van der Waals surface area (Å²) in [6.45, 7) is 0.0699. The molecule has 1 amide bonds. The van der Waals surface area contributed by atoms with E-state index in [0.717, 1.165) is 4.90 Å². The van der Waals surface area contributed by atoms with Crippen molar-refractivity contribution in [2.45, 2.75) is 18.6 Å². The Labute approximate surface area is 63.2 Å². The van der Waals surface area contributed by atoms with E-state index in [1.165, 1.54) is 6.41 Å². The number of carboxylic acid groups (broad SMARTS) is 1. The van der Waals surface area contributed by atoms with Crippen LogP contribution in [0.25, 0.3) is 0 Å². The Morgan fingerprint density at radius 3 is 2.64 bits per heavy atom. The molecule has 60 valence electrons. The number of carboxylic acids is 1. The summed E-state index contributed by atoms with van der Waals surface area (Å²) >= 11 is 0. The van der Waals surface area contributed by atoms with E-state index in [9.17, 15) is 9.59 Å². The zero-order valence-electron chi connectivity index (χ0n) is 5.73. The number of aliphatic hydroxyl groups excluding tert-OH is 1. The van der Waals surface area contributed by atoms with Crippen LogP contribution in [0.15, 0.2) is 0 Å². The molecule has 0 radical (unpaired) electrons. The second-order valence-corrected chi connectivity index (χ2v) is 2.49. The van der Waals surface area contributed by atoms with Gasteiger partial charge in [0.1, 0.15) is 0 Å². The smallest absolute Gasteiger partial charge is 0.480 e. The van der Waals surface area contributed by atoms with E-state index in [1.807, 2.05) is 0 Å². The number of carbonyl (C=O) groups excluding carboxylic acids is 1. The minimum Gasteiger partial charge on any atom is -0.480 e. The molecule has 1 aliphatic rings. The number of aliphatic carboxylic acids is 1. The number of aliphatic hydroxyl groups is 1. The lowest BCUT2D eigenvalue weighted by Gasteiger charge is -2.01. The minimum atomic E-state index is -1.09. The second kappa shape index (κ2) is 2.82. The van der Waals surface area contributed by atoms with Gasteiger partial charge in [0.05, 0.1) is 17.4 Å². The number of nitrogens with zero attached hydrogens (tertiary/aromatic N) is 1. The average Bonchev–Trinajstić information content (AvgIpc) is 2.30. The molecule has 2 atom stereocenters. The second-order valence-electron chi connectivity index (χ2n) is 2.49. The Balaban J connectivity index is 2.64. The Morgan fingerprint density at radius 2 is 2.27 bits per heavy atom. The summed E-state index contributed by atoms with van der Waals surface area (Å²) in [4.78, 5) is 21.4. The van der Waals surface area contributed by atoms with Crippen LogP contribution in [-0.2, 0) is 9.59 Å². The number of hydrogen-bond acceptors (Lipinski definition) is 3. The first-order valence-corrected chi connectivity index (χ1v) is 3.20. The molecule has 5 nitrogen and oxygen atoms in total. The highest BCUT2D eigenvalue weighted by Crippen LogP contribution is 2.15. The van der Waals surface area contributed by atoms with Crippen LogP contribution < -0.4 is 0 Å². The van der Waals surface area contributed by atoms with Crippen LogP contribution in [-0.4, -0.2) is 46.2 Å². The Kier molecular flexibility index (Phi) is 2.03. The fourth-order valence-electron chi connectivity index (χ4n) is 1.15. The van der Waals surface area contributed by atoms with Gasteiger partial charge in [-0.3, -0.25) is 0 Å². The van der Waals surface area contributed by atoms with Crippen molar-refractivity contribution in [2.75, 3.05) is 6.54 Å². The average molecular weight is 158 g/mol. The fourth-order valence-corrected chi connectivity index (χ4v) is 1.15. The molecule has 0 saturated carbocycles. The fraction of sp³-hybridized carbons (Fsp3) is 0.667. The molecule has 1 heterocycles. The van der Waals surface area contributed by atoms with Crippen molar-refractivity contribution in [3.8, 4) is 0 Å². The van der Waals surface area contributed by atoms with Gasteiger partial charge in [-0.1, -0.05) is 0 Å². The summed E-state index contributed by atoms with van der Waals surface area (Å²) in [5.74, 6) is -1.09. The lowest BCUT2D eigenvalue weighted by molar-refractivity contribution is -0.141. The third-order valence-electron chi connectivity index (χ3n) is 1.68. The Hall–Kier alpha value is -1.19. The number of rotatable bonds is 2. The highest BCUT2D eigenvalue weighted by Gasteiger charge is 2.43. The van der Waals surface area contributed by atoms with Gasteiger partial charge in [-0.15, -0.1) is 4.90 Å².